The van der Waals surface area contributed by atoms with Gasteiger partial charge in [-0.15, -0.1) is 0 Å². The number of esters is 2. The predicted octanol–water partition coefficient (Wildman–Crippen LogP) is 1.79. The summed E-state index contributed by atoms with van der Waals surface area (Å²) in [5.74, 6) is 0.910. The standard InChI is InChI=1S/C11H18O4S/c1-4-9(11(13)15-3)5-7-16-8-6-10(12)14-2/h5H,4,6-8H2,1-3H3. The maximum atomic E-state index is 11.2. The normalized spacial score (nSPS) is 11.1. The van der Waals surface area contributed by atoms with Gasteiger partial charge in [-0.25, -0.2) is 4.79 Å². The Kier molecular flexibility index (Phi) is 8.71. The van der Waals surface area contributed by atoms with Gasteiger partial charge < -0.3 is 9.47 Å². The van der Waals surface area contributed by atoms with Crippen molar-refractivity contribution < 1.29 is 19.1 Å². The third-order valence-electron chi connectivity index (χ3n) is 1.95. The second kappa shape index (κ2) is 9.27. The highest BCUT2D eigenvalue weighted by Crippen LogP contribution is 2.08. The summed E-state index contributed by atoms with van der Waals surface area (Å²) >= 11 is 1.58. The first-order valence-corrected chi connectivity index (χ1v) is 6.23. The van der Waals surface area contributed by atoms with E-state index < -0.39 is 0 Å². The molecule has 0 N–H and O–H groups in total. The first-order chi connectivity index (χ1) is 7.65. The van der Waals surface area contributed by atoms with E-state index in [0.29, 0.717) is 29.9 Å². The molecule has 0 rings (SSSR count). The Morgan fingerprint density at radius 1 is 1.25 bits per heavy atom. The van der Waals surface area contributed by atoms with Crippen LogP contribution >= 0.6 is 11.8 Å². The Hall–Kier alpha value is -0.970. The van der Waals surface area contributed by atoms with Gasteiger partial charge in [-0.3, -0.25) is 4.79 Å². The topological polar surface area (TPSA) is 52.6 Å². The molecular formula is C11H18O4S. The molecule has 0 aromatic heterocycles. The fourth-order valence-corrected chi connectivity index (χ4v) is 1.80. The summed E-state index contributed by atoms with van der Waals surface area (Å²) in [6.07, 6.45) is 2.90. The zero-order chi connectivity index (χ0) is 12.4. The SMILES string of the molecule is CCC(=CCSCCC(=O)OC)C(=O)OC. The molecule has 0 unspecified atom stereocenters. The van der Waals surface area contributed by atoms with Crippen molar-refractivity contribution in [2.45, 2.75) is 19.8 Å². The summed E-state index contributed by atoms with van der Waals surface area (Å²) < 4.78 is 9.14. The van der Waals surface area contributed by atoms with E-state index in [-0.39, 0.29) is 11.9 Å². The van der Waals surface area contributed by atoms with Crippen molar-refractivity contribution in [1.82, 2.24) is 0 Å². The summed E-state index contributed by atoms with van der Waals surface area (Å²) in [6.45, 7) is 1.90. The van der Waals surface area contributed by atoms with Crippen molar-refractivity contribution in [2.24, 2.45) is 0 Å². The van der Waals surface area contributed by atoms with Gasteiger partial charge in [-0.05, 0) is 6.42 Å². The van der Waals surface area contributed by atoms with Gasteiger partial charge >= 0.3 is 11.9 Å². The third kappa shape index (κ3) is 6.50. The Balaban J connectivity index is 3.80. The van der Waals surface area contributed by atoms with Crippen LogP contribution in [0.4, 0.5) is 0 Å². The number of carbonyl (C=O) groups is 2. The predicted molar refractivity (Wildman–Crippen MR) is 64.3 cm³/mol. The molecule has 0 spiro atoms. The van der Waals surface area contributed by atoms with Gasteiger partial charge in [-0.1, -0.05) is 13.0 Å². The number of ether oxygens (including phenoxy) is 2. The number of methoxy groups -OCH3 is 2. The molecule has 0 atom stereocenters. The Morgan fingerprint density at radius 2 is 1.94 bits per heavy atom. The minimum Gasteiger partial charge on any atom is -0.469 e. The Labute approximate surface area is 100 Å². The van der Waals surface area contributed by atoms with Crippen LogP contribution in [-0.4, -0.2) is 37.7 Å². The maximum Gasteiger partial charge on any atom is 0.333 e. The van der Waals surface area contributed by atoms with E-state index in [1.807, 2.05) is 13.0 Å². The monoisotopic (exact) mass is 246 g/mol. The van der Waals surface area contributed by atoms with Crippen LogP contribution < -0.4 is 0 Å². The molecule has 0 saturated heterocycles. The van der Waals surface area contributed by atoms with Gasteiger partial charge in [0.1, 0.15) is 0 Å². The highest BCUT2D eigenvalue weighted by molar-refractivity contribution is 7.99. The van der Waals surface area contributed by atoms with Crippen molar-refractivity contribution in [1.29, 1.82) is 0 Å². The van der Waals surface area contributed by atoms with Crippen LogP contribution in [0.2, 0.25) is 0 Å². The number of thioether (sulfide) groups is 1. The summed E-state index contributed by atoms with van der Waals surface area (Å²) in [7, 11) is 2.75. The molecule has 0 fully saturated rings. The number of rotatable bonds is 7. The van der Waals surface area contributed by atoms with Crippen LogP contribution in [0.25, 0.3) is 0 Å². The van der Waals surface area contributed by atoms with Crippen LogP contribution in [0.5, 0.6) is 0 Å². The molecule has 0 aromatic carbocycles. The van der Waals surface area contributed by atoms with Gasteiger partial charge in [0.25, 0.3) is 0 Å². The summed E-state index contributed by atoms with van der Waals surface area (Å²) in [4.78, 5) is 22.0. The van der Waals surface area contributed by atoms with Gasteiger partial charge in [0.05, 0.1) is 20.6 Å². The molecule has 0 aromatic rings. The summed E-state index contributed by atoms with van der Waals surface area (Å²) in [6, 6.07) is 0. The first kappa shape index (κ1) is 15.0. The molecule has 0 radical (unpaired) electrons. The fourth-order valence-electron chi connectivity index (χ4n) is 1.00. The average molecular weight is 246 g/mol. The van der Waals surface area contributed by atoms with E-state index >= 15 is 0 Å². The van der Waals surface area contributed by atoms with E-state index in [2.05, 4.69) is 9.47 Å². The van der Waals surface area contributed by atoms with Crippen LogP contribution in [0.1, 0.15) is 19.8 Å². The smallest absolute Gasteiger partial charge is 0.333 e. The van der Waals surface area contributed by atoms with Crippen molar-refractivity contribution in [2.75, 3.05) is 25.7 Å². The molecule has 92 valence electrons. The summed E-state index contributed by atoms with van der Waals surface area (Å²) in [5, 5.41) is 0. The third-order valence-corrected chi connectivity index (χ3v) is 2.85. The molecule has 16 heavy (non-hydrogen) atoms. The van der Waals surface area contributed by atoms with E-state index in [0.717, 1.165) is 0 Å². The lowest BCUT2D eigenvalue weighted by atomic mass is 10.2. The Bertz CT molecular complexity index is 261. The lowest BCUT2D eigenvalue weighted by Crippen LogP contribution is -2.04. The summed E-state index contributed by atoms with van der Waals surface area (Å²) in [5.41, 5.74) is 0.674. The highest BCUT2D eigenvalue weighted by atomic mass is 32.2. The van der Waals surface area contributed by atoms with Gasteiger partial charge in [0.15, 0.2) is 0 Å². The number of hydrogen-bond acceptors (Lipinski definition) is 5. The average Bonchev–Trinajstić information content (AvgIpc) is 2.32. The van der Waals surface area contributed by atoms with Crippen LogP contribution in [-0.2, 0) is 19.1 Å². The molecule has 5 heteroatoms. The quantitative estimate of drug-likeness (QED) is 0.389. The molecule has 0 aliphatic rings. The fraction of sp³-hybridized carbons (Fsp3) is 0.636. The minimum atomic E-state index is -0.281. The van der Waals surface area contributed by atoms with Crippen LogP contribution in [0.3, 0.4) is 0 Å². The highest BCUT2D eigenvalue weighted by Gasteiger charge is 2.06. The van der Waals surface area contributed by atoms with Gasteiger partial charge in [0.2, 0.25) is 0 Å². The van der Waals surface area contributed by atoms with Crippen LogP contribution in [0, 0.1) is 0 Å². The molecular weight excluding hydrogens is 228 g/mol. The van der Waals surface area contributed by atoms with E-state index in [4.69, 9.17) is 0 Å². The van der Waals surface area contributed by atoms with E-state index in [1.165, 1.54) is 14.2 Å². The maximum absolute atomic E-state index is 11.2. The lowest BCUT2D eigenvalue weighted by molar-refractivity contribution is -0.140. The second-order valence-electron chi connectivity index (χ2n) is 2.98. The van der Waals surface area contributed by atoms with Crippen molar-refractivity contribution in [3.8, 4) is 0 Å². The molecule has 4 nitrogen and oxygen atoms in total. The van der Waals surface area contributed by atoms with Gasteiger partial charge in [-0.2, -0.15) is 11.8 Å². The zero-order valence-corrected chi connectivity index (χ0v) is 10.8. The molecule has 0 amide bonds. The minimum absolute atomic E-state index is 0.208. The van der Waals surface area contributed by atoms with E-state index in [1.54, 1.807) is 11.8 Å². The first-order valence-electron chi connectivity index (χ1n) is 5.07. The second-order valence-corrected chi connectivity index (χ2v) is 4.13. The Morgan fingerprint density at radius 3 is 2.44 bits per heavy atom. The van der Waals surface area contributed by atoms with E-state index in [9.17, 15) is 9.59 Å². The van der Waals surface area contributed by atoms with Crippen LogP contribution in [0.15, 0.2) is 11.6 Å². The number of hydrogen-bond donors (Lipinski definition) is 0. The van der Waals surface area contributed by atoms with Gasteiger partial charge in [0, 0.05) is 17.1 Å². The molecule has 0 bridgehead atoms. The largest absolute Gasteiger partial charge is 0.469 e. The lowest BCUT2D eigenvalue weighted by Gasteiger charge is -2.02. The zero-order valence-electron chi connectivity index (χ0n) is 9.95. The van der Waals surface area contributed by atoms with Crippen molar-refractivity contribution in [3.05, 3.63) is 11.6 Å². The molecule has 0 heterocycles. The molecule has 0 aliphatic carbocycles. The molecule has 0 saturated carbocycles. The number of carbonyl (C=O) groups excluding carboxylic acids is 2. The van der Waals surface area contributed by atoms with Crippen molar-refractivity contribution in [3.63, 3.8) is 0 Å². The molecule has 0 aliphatic heterocycles. The van der Waals surface area contributed by atoms with Crippen molar-refractivity contribution >= 4 is 23.7 Å².